The number of hydrogen-bond donors (Lipinski definition) is 0. The summed E-state index contributed by atoms with van der Waals surface area (Å²) in [6.07, 6.45) is 5.30. The number of aryl methyl sites for hydroxylation is 1. The number of aromatic nitrogens is 1. The molecule has 0 fully saturated rings. The lowest BCUT2D eigenvalue weighted by Crippen LogP contribution is -2.13. The van der Waals surface area contributed by atoms with E-state index in [-0.39, 0.29) is 0 Å². The smallest absolute Gasteiger partial charge is 0.0871 e. The van der Waals surface area contributed by atoms with Crippen molar-refractivity contribution in [1.29, 1.82) is 0 Å². The summed E-state index contributed by atoms with van der Waals surface area (Å²) in [6, 6.07) is 4.14. The van der Waals surface area contributed by atoms with E-state index in [1.807, 2.05) is 19.3 Å². The van der Waals surface area contributed by atoms with Crippen LogP contribution in [0.5, 0.6) is 0 Å². The van der Waals surface area contributed by atoms with Gasteiger partial charge in [0.15, 0.2) is 0 Å². The van der Waals surface area contributed by atoms with E-state index in [4.69, 9.17) is 0 Å². The maximum Gasteiger partial charge on any atom is 0.0871 e. The Morgan fingerprint density at radius 3 is 3.17 bits per heavy atom. The molecule has 0 aromatic carbocycles. The highest BCUT2D eigenvalue weighted by molar-refractivity contribution is 6.00. The van der Waals surface area contributed by atoms with Crippen LogP contribution < -0.4 is 0 Å². The average Bonchev–Trinajstić information content (AvgIpc) is 2.17. The second-order valence-corrected chi connectivity index (χ2v) is 3.03. The van der Waals surface area contributed by atoms with Gasteiger partial charge in [-0.25, -0.2) is 0 Å². The van der Waals surface area contributed by atoms with Crippen LogP contribution in [-0.2, 0) is 6.42 Å². The monoisotopic (exact) mass is 160 g/mol. The number of nitrogens with zero attached hydrogens (tertiary/aromatic N) is 2. The summed E-state index contributed by atoms with van der Waals surface area (Å²) in [4.78, 5) is 8.58. The van der Waals surface area contributed by atoms with E-state index in [1.165, 1.54) is 12.0 Å². The van der Waals surface area contributed by atoms with Crippen LogP contribution in [0.2, 0.25) is 0 Å². The van der Waals surface area contributed by atoms with E-state index >= 15 is 0 Å². The van der Waals surface area contributed by atoms with Gasteiger partial charge in [-0.2, -0.15) is 0 Å². The molecule has 2 heteroatoms. The molecule has 0 saturated heterocycles. The standard InChI is InChI=1S/C10H12N2/c1-11-9-6-2-4-8-5-3-7-12-10(8)9/h3,5,7H,2,4,6H2,1H3/b11-9+. The van der Waals surface area contributed by atoms with E-state index in [0.29, 0.717) is 0 Å². The highest BCUT2D eigenvalue weighted by Crippen LogP contribution is 2.18. The van der Waals surface area contributed by atoms with Crippen LogP contribution >= 0.6 is 0 Å². The lowest BCUT2D eigenvalue weighted by molar-refractivity contribution is 0.825. The molecular weight excluding hydrogens is 148 g/mol. The van der Waals surface area contributed by atoms with Crippen molar-refractivity contribution in [1.82, 2.24) is 4.98 Å². The minimum atomic E-state index is 1.08. The van der Waals surface area contributed by atoms with Crippen molar-refractivity contribution in [2.45, 2.75) is 19.3 Å². The molecule has 0 bridgehead atoms. The number of fused-ring (bicyclic) bond motifs is 1. The van der Waals surface area contributed by atoms with Crippen molar-refractivity contribution in [2.75, 3.05) is 7.05 Å². The van der Waals surface area contributed by atoms with Crippen LogP contribution in [0.15, 0.2) is 23.3 Å². The molecule has 0 aliphatic heterocycles. The Balaban J connectivity index is 2.51. The van der Waals surface area contributed by atoms with Crippen LogP contribution in [0.4, 0.5) is 0 Å². The van der Waals surface area contributed by atoms with Crippen molar-refractivity contribution < 1.29 is 0 Å². The van der Waals surface area contributed by atoms with Crippen molar-refractivity contribution in [2.24, 2.45) is 4.99 Å². The first kappa shape index (κ1) is 7.47. The number of rotatable bonds is 0. The largest absolute Gasteiger partial charge is 0.291 e. The van der Waals surface area contributed by atoms with Crippen LogP contribution in [0, 0.1) is 0 Å². The van der Waals surface area contributed by atoms with E-state index in [9.17, 15) is 0 Å². The SMILES string of the molecule is C/N=C1\CCCc2cccnc21. The highest BCUT2D eigenvalue weighted by Gasteiger charge is 2.14. The maximum absolute atomic E-state index is 4.34. The van der Waals surface area contributed by atoms with Gasteiger partial charge in [-0.15, -0.1) is 0 Å². The van der Waals surface area contributed by atoms with Gasteiger partial charge in [-0.1, -0.05) is 6.07 Å². The zero-order chi connectivity index (χ0) is 8.39. The van der Waals surface area contributed by atoms with E-state index < -0.39 is 0 Å². The average molecular weight is 160 g/mol. The third-order valence-corrected chi connectivity index (χ3v) is 2.29. The first-order valence-electron chi connectivity index (χ1n) is 4.32. The lowest BCUT2D eigenvalue weighted by atomic mass is 9.94. The molecule has 0 atom stereocenters. The molecule has 12 heavy (non-hydrogen) atoms. The van der Waals surface area contributed by atoms with E-state index in [2.05, 4.69) is 16.0 Å². The predicted octanol–water partition coefficient (Wildman–Crippen LogP) is 1.84. The number of aliphatic imine (C=N–C) groups is 1. The fourth-order valence-electron chi connectivity index (χ4n) is 1.68. The lowest BCUT2D eigenvalue weighted by Gasteiger charge is -2.15. The van der Waals surface area contributed by atoms with Gasteiger partial charge in [-0.05, 0) is 30.9 Å². The molecule has 0 radical (unpaired) electrons. The first-order valence-corrected chi connectivity index (χ1v) is 4.32. The van der Waals surface area contributed by atoms with Gasteiger partial charge in [0, 0.05) is 13.2 Å². The van der Waals surface area contributed by atoms with Gasteiger partial charge in [0.25, 0.3) is 0 Å². The molecule has 0 N–H and O–H groups in total. The van der Waals surface area contributed by atoms with Crippen molar-refractivity contribution in [3.63, 3.8) is 0 Å². The summed E-state index contributed by atoms with van der Waals surface area (Å²) < 4.78 is 0. The summed E-state index contributed by atoms with van der Waals surface area (Å²) in [5.41, 5.74) is 3.63. The van der Waals surface area contributed by atoms with Gasteiger partial charge < -0.3 is 0 Å². The molecule has 1 heterocycles. The Kier molecular flexibility index (Phi) is 1.90. The topological polar surface area (TPSA) is 25.2 Å². The van der Waals surface area contributed by atoms with Crippen LogP contribution in [0.25, 0.3) is 0 Å². The van der Waals surface area contributed by atoms with Gasteiger partial charge in [0.2, 0.25) is 0 Å². The number of hydrogen-bond acceptors (Lipinski definition) is 2. The van der Waals surface area contributed by atoms with E-state index in [1.54, 1.807) is 0 Å². The Morgan fingerprint density at radius 2 is 2.33 bits per heavy atom. The second kappa shape index (κ2) is 3.05. The molecule has 62 valence electrons. The molecule has 0 amide bonds. The van der Waals surface area contributed by atoms with Gasteiger partial charge in [0.1, 0.15) is 0 Å². The minimum absolute atomic E-state index is 1.08. The van der Waals surface area contributed by atoms with Crippen molar-refractivity contribution >= 4 is 5.71 Å². The second-order valence-electron chi connectivity index (χ2n) is 3.03. The normalized spacial score (nSPS) is 19.2. The zero-order valence-corrected chi connectivity index (χ0v) is 7.25. The molecule has 0 spiro atoms. The minimum Gasteiger partial charge on any atom is -0.291 e. The Hall–Kier alpha value is -1.18. The molecule has 1 aromatic rings. The van der Waals surface area contributed by atoms with Gasteiger partial charge >= 0.3 is 0 Å². The molecule has 0 unspecified atom stereocenters. The molecule has 0 saturated carbocycles. The fourth-order valence-corrected chi connectivity index (χ4v) is 1.68. The quantitative estimate of drug-likeness (QED) is 0.568. The summed E-state index contributed by atoms with van der Waals surface area (Å²) >= 11 is 0. The molecule has 2 rings (SSSR count). The van der Waals surface area contributed by atoms with Gasteiger partial charge in [0.05, 0.1) is 11.4 Å². The Bertz CT molecular complexity index is 315. The van der Waals surface area contributed by atoms with Crippen LogP contribution in [0.3, 0.4) is 0 Å². The van der Waals surface area contributed by atoms with Crippen molar-refractivity contribution in [3.8, 4) is 0 Å². The summed E-state index contributed by atoms with van der Waals surface area (Å²) in [7, 11) is 1.85. The third kappa shape index (κ3) is 1.13. The zero-order valence-electron chi connectivity index (χ0n) is 7.25. The Morgan fingerprint density at radius 1 is 1.42 bits per heavy atom. The van der Waals surface area contributed by atoms with Crippen LogP contribution in [-0.4, -0.2) is 17.7 Å². The molecule has 1 aliphatic carbocycles. The molecule has 2 nitrogen and oxygen atoms in total. The molecular formula is C10H12N2. The molecule has 1 aliphatic rings. The summed E-state index contributed by atoms with van der Waals surface area (Å²) in [6.45, 7) is 0. The number of pyridine rings is 1. The summed E-state index contributed by atoms with van der Waals surface area (Å²) in [5, 5.41) is 0. The Labute approximate surface area is 72.4 Å². The van der Waals surface area contributed by atoms with Crippen LogP contribution in [0.1, 0.15) is 24.1 Å². The van der Waals surface area contributed by atoms with E-state index in [0.717, 1.165) is 24.2 Å². The maximum atomic E-state index is 4.34. The van der Waals surface area contributed by atoms with Gasteiger partial charge in [-0.3, -0.25) is 9.98 Å². The third-order valence-electron chi connectivity index (χ3n) is 2.29. The molecule has 1 aromatic heterocycles. The highest BCUT2D eigenvalue weighted by atomic mass is 14.8. The first-order chi connectivity index (χ1) is 5.92. The summed E-state index contributed by atoms with van der Waals surface area (Å²) in [5.74, 6) is 0. The van der Waals surface area contributed by atoms with Crippen molar-refractivity contribution in [3.05, 3.63) is 29.6 Å². The predicted molar refractivity (Wildman–Crippen MR) is 49.6 cm³/mol. The fraction of sp³-hybridized carbons (Fsp3) is 0.400.